The summed E-state index contributed by atoms with van der Waals surface area (Å²) in [4.78, 5) is 28.5. The number of aromatic nitrogens is 1. The van der Waals surface area contributed by atoms with E-state index < -0.39 is 0 Å². The van der Waals surface area contributed by atoms with Crippen LogP contribution in [-0.4, -0.2) is 41.5 Å². The summed E-state index contributed by atoms with van der Waals surface area (Å²) in [6.07, 6.45) is 5.50. The predicted octanol–water partition coefficient (Wildman–Crippen LogP) is 0.969. The summed E-state index contributed by atoms with van der Waals surface area (Å²) in [5.41, 5.74) is 0.907. The summed E-state index contributed by atoms with van der Waals surface area (Å²) >= 11 is 1.17. The third-order valence-electron chi connectivity index (χ3n) is 4.14. The molecular formula is C14H21N3O2S. The monoisotopic (exact) mass is 295 g/mol. The number of amides is 1. The standard InChI is InChI=1S/C14H21N3O2S/c18-13(15-6-5-11-9-20-14(19)16-11)12(10-3-4-10)17-7-1-2-8-17/h9-10,12H,1-8H2,(H,15,18)(H,16,19). The van der Waals surface area contributed by atoms with Gasteiger partial charge in [0.2, 0.25) is 5.91 Å². The van der Waals surface area contributed by atoms with E-state index in [9.17, 15) is 9.59 Å². The normalized spacial score (nSPS) is 21.0. The van der Waals surface area contributed by atoms with Crippen LogP contribution in [0.25, 0.3) is 0 Å². The summed E-state index contributed by atoms with van der Waals surface area (Å²) in [6, 6.07) is 0.0824. The van der Waals surface area contributed by atoms with Gasteiger partial charge in [-0.15, -0.1) is 0 Å². The van der Waals surface area contributed by atoms with Gasteiger partial charge in [-0.1, -0.05) is 11.3 Å². The molecule has 6 heteroatoms. The second kappa shape index (κ2) is 6.10. The molecule has 20 heavy (non-hydrogen) atoms. The van der Waals surface area contributed by atoms with Crippen LogP contribution in [0.15, 0.2) is 10.2 Å². The fourth-order valence-corrected chi connectivity index (χ4v) is 3.59. The summed E-state index contributed by atoms with van der Waals surface area (Å²) in [5.74, 6) is 0.737. The van der Waals surface area contributed by atoms with Crippen LogP contribution < -0.4 is 10.2 Å². The van der Waals surface area contributed by atoms with Crippen molar-refractivity contribution < 1.29 is 4.79 Å². The lowest BCUT2D eigenvalue weighted by molar-refractivity contribution is -0.126. The lowest BCUT2D eigenvalue weighted by Crippen LogP contribution is -2.47. The number of carbonyl (C=O) groups excluding carboxylic acids is 1. The molecule has 1 aliphatic heterocycles. The average molecular weight is 295 g/mol. The van der Waals surface area contributed by atoms with Crippen molar-refractivity contribution >= 4 is 17.2 Å². The van der Waals surface area contributed by atoms with Gasteiger partial charge in [-0.3, -0.25) is 14.5 Å². The van der Waals surface area contributed by atoms with Crippen molar-refractivity contribution in [3.8, 4) is 0 Å². The van der Waals surface area contributed by atoms with Gasteiger partial charge in [0.05, 0.1) is 6.04 Å². The largest absolute Gasteiger partial charge is 0.354 e. The highest BCUT2D eigenvalue weighted by atomic mass is 32.1. The number of thiazole rings is 1. The minimum absolute atomic E-state index is 0.0285. The highest BCUT2D eigenvalue weighted by Gasteiger charge is 2.40. The van der Waals surface area contributed by atoms with E-state index in [1.807, 2.05) is 5.38 Å². The molecule has 110 valence electrons. The van der Waals surface area contributed by atoms with E-state index in [0.717, 1.165) is 18.8 Å². The van der Waals surface area contributed by atoms with Gasteiger partial charge in [0.1, 0.15) is 0 Å². The Morgan fingerprint density at radius 1 is 1.45 bits per heavy atom. The predicted molar refractivity (Wildman–Crippen MR) is 79.0 cm³/mol. The highest BCUT2D eigenvalue weighted by molar-refractivity contribution is 7.07. The van der Waals surface area contributed by atoms with Crippen LogP contribution in [0.3, 0.4) is 0 Å². The van der Waals surface area contributed by atoms with E-state index in [0.29, 0.717) is 18.9 Å². The van der Waals surface area contributed by atoms with Crippen LogP contribution in [0.1, 0.15) is 31.4 Å². The molecule has 1 amide bonds. The molecule has 1 saturated carbocycles. The zero-order valence-electron chi connectivity index (χ0n) is 11.6. The van der Waals surface area contributed by atoms with Crippen LogP contribution >= 0.6 is 11.3 Å². The molecule has 1 unspecified atom stereocenters. The van der Waals surface area contributed by atoms with Crippen LogP contribution in [-0.2, 0) is 11.2 Å². The van der Waals surface area contributed by atoms with Crippen LogP contribution in [0.2, 0.25) is 0 Å². The van der Waals surface area contributed by atoms with Crippen LogP contribution in [0.4, 0.5) is 0 Å². The zero-order valence-corrected chi connectivity index (χ0v) is 12.4. The third kappa shape index (κ3) is 3.30. The molecule has 3 rings (SSSR count). The first-order chi connectivity index (χ1) is 9.74. The molecule has 0 radical (unpaired) electrons. The molecule has 5 nitrogen and oxygen atoms in total. The first-order valence-corrected chi connectivity index (χ1v) is 8.30. The van der Waals surface area contributed by atoms with Crippen LogP contribution in [0.5, 0.6) is 0 Å². The van der Waals surface area contributed by atoms with Crippen molar-refractivity contribution in [1.29, 1.82) is 0 Å². The van der Waals surface area contributed by atoms with Crippen molar-refractivity contribution in [2.24, 2.45) is 5.92 Å². The fourth-order valence-electron chi connectivity index (χ4n) is 2.97. The van der Waals surface area contributed by atoms with Crippen molar-refractivity contribution in [1.82, 2.24) is 15.2 Å². The summed E-state index contributed by atoms with van der Waals surface area (Å²) in [5, 5.41) is 4.87. The van der Waals surface area contributed by atoms with Crippen molar-refractivity contribution in [2.75, 3.05) is 19.6 Å². The molecule has 2 fully saturated rings. The molecule has 2 aliphatic rings. The second-order valence-corrected chi connectivity index (χ2v) is 6.58. The van der Waals surface area contributed by atoms with E-state index in [1.54, 1.807) is 0 Å². The Morgan fingerprint density at radius 3 is 2.80 bits per heavy atom. The molecule has 1 aromatic heterocycles. The Bertz CT molecular complexity index is 514. The molecule has 1 saturated heterocycles. The van der Waals surface area contributed by atoms with E-state index in [1.165, 1.54) is 37.0 Å². The molecule has 1 atom stereocenters. The quantitative estimate of drug-likeness (QED) is 0.822. The second-order valence-electron chi connectivity index (χ2n) is 5.74. The van der Waals surface area contributed by atoms with Gasteiger partial charge in [0.25, 0.3) is 0 Å². The highest BCUT2D eigenvalue weighted by Crippen LogP contribution is 2.36. The van der Waals surface area contributed by atoms with E-state index >= 15 is 0 Å². The Hall–Kier alpha value is -1.14. The zero-order chi connectivity index (χ0) is 13.9. The van der Waals surface area contributed by atoms with Gasteiger partial charge in [0, 0.05) is 24.0 Å². The smallest absolute Gasteiger partial charge is 0.304 e. The average Bonchev–Trinajstić information content (AvgIpc) is 2.93. The number of aromatic amines is 1. The number of hydrogen-bond donors (Lipinski definition) is 2. The molecule has 2 heterocycles. The van der Waals surface area contributed by atoms with Crippen molar-refractivity contribution in [2.45, 2.75) is 38.1 Å². The minimum atomic E-state index is -0.0285. The van der Waals surface area contributed by atoms with Crippen LogP contribution in [0, 0.1) is 5.92 Å². The van der Waals surface area contributed by atoms with E-state index in [4.69, 9.17) is 0 Å². The number of nitrogens with zero attached hydrogens (tertiary/aromatic N) is 1. The Morgan fingerprint density at radius 2 is 2.20 bits per heavy atom. The number of carbonyl (C=O) groups is 1. The van der Waals surface area contributed by atoms with Gasteiger partial charge < -0.3 is 10.3 Å². The fraction of sp³-hybridized carbons (Fsp3) is 0.714. The van der Waals surface area contributed by atoms with Gasteiger partial charge in [0.15, 0.2) is 0 Å². The van der Waals surface area contributed by atoms with Crippen molar-refractivity contribution in [3.05, 3.63) is 20.7 Å². The van der Waals surface area contributed by atoms with Crippen molar-refractivity contribution in [3.63, 3.8) is 0 Å². The van der Waals surface area contributed by atoms with Gasteiger partial charge in [-0.25, -0.2) is 0 Å². The van der Waals surface area contributed by atoms with Gasteiger partial charge in [-0.2, -0.15) is 0 Å². The summed E-state index contributed by atoms with van der Waals surface area (Å²) < 4.78 is 0. The first kappa shape index (κ1) is 13.8. The Balaban J connectivity index is 1.50. The molecule has 0 spiro atoms. The maximum atomic E-state index is 12.4. The van der Waals surface area contributed by atoms with Gasteiger partial charge in [-0.05, 0) is 44.7 Å². The summed E-state index contributed by atoms with van der Waals surface area (Å²) in [7, 11) is 0. The lowest BCUT2D eigenvalue weighted by atomic mass is 10.1. The molecule has 0 bridgehead atoms. The lowest BCUT2D eigenvalue weighted by Gasteiger charge is -2.26. The number of H-pyrrole nitrogens is 1. The molecular weight excluding hydrogens is 274 g/mol. The Labute approximate surface area is 122 Å². The topological polar surface area (TPSA) is 65.2 Å². The number of hydrogen-bond acceptors (Lipinski definition) is 4. The molecule has 2 N–H and O–H groups in total. The number of nitrogens with one attached hydrogen (secondary N) is 2. The molecule has 0 aromatic carbocycles. The minimum Gasteiger partial charge on any atom is -0.354 e. The SMILES string of the molecule is O=C(NCCc1csc(=O)[nH]1)C(C1CC1)N1CCCC1. The third-order valence-corrected chi connectivity index (χ3v) is 4.85. The maximum Gasteiger partial charge on any atom is 0.304 e. The molecule has 1 aliphatic carbocycles. The van der Waals surface area contributed by atoms with Gasteiger partial charge >= 0.3 is 4.87 Å². The molecule has 1 aromatic rings. The Kier molecular flexibility index (Phi) is 4.21. The number of likely N-dealkylation sites (tertiary alicyclic amines) is 1. The summed E-state index contributed by atoms with van der Waals surface area (Å²) in [6.45, 7) is 2.72. The van der Waals surface area contributed by atoms with E-state index in [2.05, 4.69) is 15.2 Å². The first-order valence-electron chi connectivity index (χ1n) is 7.42. The maximum absolute atomic E-state index is 12.4. The van der Waals surface area contributed by atoms with E-state index in [-0.39, 0.29) is 16.8 Å². The number of rotatable bonds is 6.